The molecule has 1 atom stereocenters. The van der Waals surface area contributed by atoms with Crippen molar-refractivity contribution in [3.05, 3.63) is 57.3 Å². The predicted molar refractivity (Wildman–Crippen MR) is 83.7 cm³/mol. The van der Waals surface area contributed by atoms with Crippen molar-refractivity contribution < 1.29 is 13.9 Å². The van der Waals surface area contributed by atoms with Gasteiger partial charge in [0, 0.05) is 16.1 Å². The Labute approximate surface area is 137 Å². The Bertz CT molecular complexity index is 662. The summed E-state index contributed by atoms with van der Waals surface area (Å²) < 4.78 is 24.3. The number of rotatable bonds is 4. The molecule has 0 aliphatic heterocycles. The van der Waals surface area contributed by atoms with Gasteiger partial charge >= 0.3 is 0 Å². The maximum absolute atomic E-state index is 13.9. The highest BCUT2D eigenvalue weighted by Gasteiger charge is 2.23. The van der Waals surface area contributed by atoms with Crippen LogP contribution in [0.5, 0.6) is 11.5 Å². The molecule has 2 rings (SSSR count). The zero-order chi connectivity index (χ0) is 15.6. The molecule has 0 saturated heterocycles. The minimum atomic E-state index is -0.790. The Morgan fingerprint density at radius 1 is 1.00 bits per heavy atom. The fourth-order valence-electron chi connectivity index (χ4n) is 1.99. The largest absolute Gasteiger partial charge is 0.495 e. The summed E-state index contributed by atoms with van der Waals surface area (Å²) in [6.45, 7) is 0. The van der Waals surface area contributed by atoms with Gasteiger partial charge in [-0.2, -0.15) is 0 Å². The molecule has 21 heavy (non-hydrogen) atoms. The van der Waals surface area contributed by atoms with Crippen LogP contribution in [0.2, 0.25) is 10.0 Å². The summed E-state index contributed by atoms with van der Waals surface area (Å²) in [4.78, 5) is 0. The van der Waals surface area contributed by atoms with Gasteiger partial charge in [0.05, 0.1) is 19.6 Å². The van der Waals surface area contributed by atoms with Gasteiger partial charge in [-0.15, -0.1) is 11.6 Å². The minimum absolute atomic E-state index is 0.253. The molecule has 0 bridgehead atoms. The van der Waals surface area contributed by atoms with Gasteiger partial charge in [-0.25, -0.2) is 4.39 Å². The summed E-state index contributed by atoms with van der Waals surface area (Å²) in [7, 11) is 2.96. The number of methoxy groups -OCH3 is 2. The average Bonchev–Trinajstić information content (AvgIpc) is 2.48. The van der Waals surface area contributed by atoms with Gasteiger partial charge < -0.3 is 9.47 Å². The predicted octanol–water partition coefficient (Wildman–Crippen LogP) is 5.48. The van der Waals surface area contributed by atoms with Crippen molar-refractivity contribution in [2.45, 2.75) is 5.38 Å². The second-order valence-electron chi connectivity index (χ2n) is 4.23. The molecule has 0 spiro atoms. The van der Waals surface area contributed by atoms with E-state index in [1.807, 2.05) is 0 Å². The zero-order valence-corrected chi connectivity index (χ0v) is 13.6. The Hall–Kier alpha value is -1.16. The fourth-order valence-corrected chi connectivity index (χ4v) is 2.84. The molecule has 0 heterocycles. The van der Waals surface area contributed by atoms with E-state index in [0.29, 0.717) is 22.1 Å². The monoisotopic (exact) mass is 348 g/mol. The van der Waals surface area contributed by atoms with Crippen LogP contribution in [-0.2, 0) is 0 Å². The van der Waals surface area contributed by atoms with E-state index in [-0.39, 0.29) is 10.6 Å². The smallest absolute Gasteiger partial charge is 0.146 e. The Balaban J connectivity index is 2.55. The van der Waals surface area contributed by atoms with E-state index >= 15 is 0 Å². The van der Waals surface area contributed by atoms with Gasteiger partial charge in [-0.1, -0.05) is 23.2 Å². The van der Waals surface area contributed by atoms with Crippen LogP contribution < -0.4 is 9.47 Å². The van der Waals surface area contributed by atoms with Crippen LogP contribution in [0.4, 0.5) is 4.39 Å². The van der Waals surface area contributed by atoms with Gasteiger partial charge in [0.25, 0.3) is 0 Å². The van der Waals surface area contributed by atoms with Crippen molar-refractivity contribution in [1.29, 1.82) is 0 Å². The summed E-state index contributed by atoms with van der Waals surface area (Å²) in [6.07, 6.45) is 0. The van der Waals surface area contributed by atoms with Crippen LogP contribution in [0.25, 0.3) is 0 Å². The molecular weight excluding hydrogens is 338 g/mol. The summed E-state index contributed by atoms with van der Waals surface area (Å²) in [5, 5.41) is -0.108. The topological polar surface area (TPSA) is 18.5 Å². The van der Waals surface area contributed by atoms with Gasteiger partial charge in [0.1, 0.15) is 22.3 Å². The maximum atomic E-state index is 13.9. The molecule has 0 fully saturated rings. The van der Waals surface area contributed by atoms with E-state index in [4.69, 9.17) is 44.3 Å². The van der Waals surface area contributed by atoms with Crippen molar-refractivity contribution >= 4 is 34.8 Å². The summed E-state index contributed by atoms with van der Waals surface area (Å²) in [5.74, 6) is 0.344. The van der Waals surface area contributed by atoms with Crippen molar-refractivity contribution in [3.63, 3.8) is 0 Å². The average molecular weight is 350 g/mol. The van der Waals surface area contributed by atoms with Crippen molar-refractivity contribution in [1.82, 2.24) is 0 Å². The molecule has 0 saturated carbocycles. The molecule has 0 amide bonds. The molecule has 0 N–H and O–H groups in total. The first-order chi connectivity index (χ1) is 9.99. The minimum Gasteiger partial charge on any atom is -0.495 e. The molecule has 0 aliphatic carbocycles. The lowest BCUT2D eigenvalue weighted by atomic mass is 10.0. The first kappa shape index (κ1) is 16.2. The SMILES string of the molecule is COc1ccc(C(Cl)c2cc(Cl)ccc2F)c(OC)c1Cl. The number of hydrogen-bond donors (Lipinski definition) is 0. The van der Waals surface area contributed by atoms with Crippen LogP contribution in [0, 0.1) is 5.82 Å². The van der Waals surface area contributed by atoms with Crippen LogP contribution in [0.3, 0.4) is 0 Å². The normalized spacial score (nSPS) is 12.1. The molecule has 6 heteroatoms. The van der Waals surface area contributed by atoms with Gasteiger partial charge in [0.2, 0.25) is 0 Å². The highest BCUT2D eigenvalue weighted by Crippen LogP contribution is 2.44. The molecular formula is C15H12Cl3FO2. The fraction of sp³-hybridized carbons (Fsp3) is 0.200. The Morgan fingerprint density at radius 3 is 2.33 bits per heavy atom. The van der Waals surface area contributed by atoms with Gasteiger partial charge in [-0.05, 0) is 30.3 Å². The Morgan fingerprint density at radius 2 is 1.71 bits per heavy atom. The van der Waals surface area contributed by atoms with E-state index in [2.05, 4.69) is 0 Å². The van der Waals surface area contributed by atoms with Crippen LogP contribution >= 0.6 is 34.8 Å². The lowest BCUT2D eigenvalue weighted by Gasteiger charge is -2.17. The Kier molecular flexibility index (Phi) is 5.20. The summed E-state index contributed by atoms with van der Waals surface area (Å²) >= 11 is 18.5. The zero-order valence-electron chi connectivity index (χ0n) is 11.3. The first-order valence-electron chi connectivity index (χ1n) is 5.99. The number of ether oxygens (including phenoxy) is 2. The van der Waals surface area contributed by atoms with Crippen molar-refractivity contribution in [2.24, 2.45) is 0 Å². The highest BCUT2D eigenvalue weighted by atomic mass is 35.5. The van der Waals surface area contributed by atoms with Gasteiger partial charge in [0.15, 0.2) is 0 Å². The maximum Gasteiger partial charge on any atom is 0.146 e. The molecule has 2 aromatic rings. The quantitative estimate of drug-likeness (QED) is 0.681. The van der Waals surface area contributed by atoms with Crippen LogP contribution in [0.15, 0.2) is 30.3 Å². The summed E-state index contributed by atoms with van der Waals surface area (Å²) in [5.41, 5.74) is 0.787. The molecule has 0 radical (unpaired) electrons. The molecule has 2 aromatic carbocycles. The molecule has 1 unspecified atom stereocenters. The van der Waals surface area contributed by atoms with E-state index in [1.54, 1.807) is 12.1 Å². The van der Waals surface area contributed by atoms with E-state index in [0.717, 1.165) is 0 Å². The molecule has 2 nitrogen and oxygen atoms in total. The lowest BCUT2D eigenvalue weighted by Crippen LogP contribution is -2.01. The number of halogens is 4. The molecule has 112 valence electrons. The highest BCUT2D eigenvalue weighted by molar-refractivity contribution is 6.34. The van der Waals surface area contributed by atoms with Crippen LogP contribution in [-0.4, -0.2) is 14.2 Å². The van der Waals surface area contributed by atoms with Crippen molar-refractivity contribution in [2.75, 3.05) is 14.2 Å². The molecule has 0 aromatic heterocycles. The second kappa shape index (κ2) is 6.73. The standard InChI is InChI=1S/C15H12Cl3FO2/c1-20-12-6-4-9(15(21-2)14(12)18)13(17)10-7-8(16)3-5-11(10)19/h3-7,13H,1-2H3. The van der Waals surface area contributed by atoms with Gasteiger partial charge in [-0.3, -0.25) is 0 Å². The lowest BCUT2D eigenvalue weighted by molar-refractivity contribution is 0.391. The third-order valence-corrected chi connectivity index (χ3v) is 4.08. The summed E-state index contributed by atoms with van der Waals surface area (Å²) in [6, 6.07) is 7.54. The third kappa shape index (κ3) is 3.20. The van der Waals surface area contributed by atoms with Crippen molar-refractivity contribution in [3.8, 4) is 11.5 Å². The van der Waals surface area contributed by atoms with E-state index in [1.165, 1.54) is 32.4 Å². The van der Waals surface area contributed by atoms with E-state index < -0.39 is 11.2 Å². The van der Waals surface area contributed by atoms with E-state index in [9.17, 15) is 4.39 Å². The molecule has 0 aliphatic rings. The number of benzene rings is 2. The number of hydrogen-bond acceptors (Lipinski definition) is 2. The number of alkyl halides is 1. The second-order valence-corrected chi connectivity index (χ2v) is 5.48. The van der Waals surface area contributed by atoms with Crippen LogP contribution in [0.1, 0.15) is 16.5 Å². The first-order valence-corrected chi connectivity index (χ1v) is 7.18. The third-order valence-electron chi connectivity index (χ3n) is 3.02.